The summed E-state index contributed by atoms with van der Waals surface area (Å²) in [7, 11) is 1.57. The molecule has 1 rings (SSSR count). The topological polar surface area (TPSA) is 31.6 Å². The van der Waals surface area contributed by atoms with Crippen LogP contribution in [0.25, 0.3) is 0 Å². The summed E-state index contributed by atoms with van der Waals surface area (Å²) in [5.41, 5.74) is 0. The molecule has 0 aliphatic heterocycles. The van der Waals surface area contributed by atoms with Gasteiger partial charge < -0.3 is 13.9 Å². The zero-order chi connectivity index (χ0) is 8.10. The van der Waals surface area contributed by atoms with Crippen LogP contribution in [-0.4, -0.2) is 13.7 Å². The minimum absolute atomic E-state index is 0.514. The van der Waals surface area contributed by atoms with Crippen LogP contribution in [0, 0.1) is 0 Å². The summed E-state index contributed by atoms with van der Waals surface area (Å²) in [6.45, 7) is 3.16. The van der Waals surface area contributed by atoms with Crippen LogP contribution in [0.1, 0.15) is 12.7 Å². The smallest absolute Gasteiger partial charge is 0.284 e. The Morgan fingerprint density at radius 2 is 2.27 bits per heavy atom. The molecule has 11 heavy (non-hydrogen) atoms. The second kappa shape index (κ2) is 4.03. The first-order valence-electron chi connectivity index (χ1n) is 3.57. The molecule has 0 amide bonds. The number of hydrogen-bond donors (Lipinski definition) is 0. The zero-order valence-electron chi connectivity index (χ0n) is 6.79. The molecule has 1 aromatic heterocycles. The molecule has 0 bridgehead atoms. The van der Waals surface area contributed by atoms with Gasteiger partial charge in [0.25, 0.3) is 5.95 Å². The van der Waals surface area contributed by atoms with Gasteiger partial charge in [-0.3, -0.25) is 0 Å². The SMILES string of the molecule is CCOCc1ccc(OC)o1. The Morgan fingerprint density at radius 1 is 1.45 bits per heavy atom. The third-order valence-corrected chi connectivity index (χ3v) is 1.29. The molecule has 3 nitrogen and oxygen atoms in total. The number of rotatable bonds is 4. The minimum Gasteiger partial charge on any atom is -0.468 e. The van der Waals surface area contributed by atoms with Gasteiger partial charge in [0.15, 0.2) is 0 Å². The standard InChI is InChI=1S/C8H12O3/c1-3-10-6-7-4-5-8(9-2)11-7/h4-5H,3,6H2,1-2H3. The monoisotopic (exact) mass is 156 g/mol. The number of furan rings is 1. The maximum absolute atomic E-state index is 5.19. The predicted molar refractivity (Wildman–Crippen MR) is 40.6 cm³/mol. The number of methoxy groups -OCH3 is 1. The molecular weight excluding hydrogens is 144 g/mol. The van der Waals surface area contributed by atoms with Gasteiger partial charge in [-0.1, -0.05) is 0 Å². The second-order valence-electron chi connectivity index (χ2n) is 2.06. The summed E-state index contributed by atoms with van der Waals surface area (Å²) in [6.07, 6.45) is 0. The molecule has 0 aliphatic carbocycles. The summed E-state index contributed by atoms with van der Waals surface area (Å²) in [5.74, 6) is 1.32. The van der Waals surface area contributed by atoms with Crippen LogP contribution in [0.5, 0.6) is 5.95 Å². The van der Waals surface area contributed by atoms with Crippen molar-refractivity contribution in [3.05, 3.63) is 17.9 Å². The van der Waals surface area contributed by atoms with Crippen molar-refractivity contribution in [2.75, 3.05) is 13.7 Å². The maximum atomic E-state index is 5.19. The lowest BCUT2D eigenvalue weighted by Crippen LogP contribution is -1.88. The number of ether oxygens (including phenoxy) is 2. The van der Waals surface area contributed by atoms with Gasteiger partial charge in [0, 0.05) is 12.7 Å². The van der Waals surface area contributed by atoms with Gasteiger partial charge in [0.05, 0.1) is 7.11 Å². The van der Waals surface area contributed by atoms with Crippen LogP contribution in [0.2, 0.25) is 0 Å². The summed E-state index contributed by atoms with van der Waals surface area (Å²) in [5, 5.41) is 0. The van der Waals surface area contributed by atoms with Crippen molar-refractivity contribution in [3.63, 3.8) is 0 Å². The lowest BCUT2D eigenvalue weighted by atomic mass is 10.5. The van der Waals surface area contributed by atoms with E-state index in [0.29, 0.717) is 19.2 Å². The first kappa shape index (κ1) is 8.14. The molecule has 0 saturated carbocycles. The molecule has 0 atom stereocenters. The predicted octanol–water partition coefficient (Wildman–Crippen LogP) is 1.82. The van der Waals surface area contributed by atoms with E-state index in [2.05, 4.69) is 0 Å². The Hall–Kier alpha value is -0.960. The maximum Gasteiger partial charge on any atom is 0.284 e. The Bertz CT molecular complexity index is 205. The fraction of sp³-hybridized carbons (Fsp3) is 0.500. The highest BCUT2D eigenvalue weighted by Gasteiger charge is 1.99. The van der Waals surface area contributed by atoms with Gasteiger partial charge in [-0.05, 0) is 13.0 Å². The quantitative estimate of drug-likeness (QED) is 0.666. The molecule has 0 aromatic carbocycles. The third-order valence-electron chi connectivity index (χ3n) is 1.29. The molecule has 1 aromatic rings. The first-order chi connectivity index (χ1) is 5.36. The van der Waals surface area contributed by atoms with E-state index in [4.69, 9.17) is 13.9 Å². The average molecular weight is 156 g/mol. The van der Waals surface area contributed by atoms with Crippen LogP contribution in [0.15, 0.2) is 16.5 Å². The number of hydrogen-bond acceptors (Lipinski definition) is 3. The van der Waals surface area contributed by atoms with Crippen LogP contribution in [-0.2, 0) is 11.3 Å². The largest absolute Gasteiger partial charge is 0.468 e. The van der Waals surface area contributed by atoms with Gasteiger partial charge in [0.1, 0.15) is 12.4 Å². The molecule has 62 valence electrons. The van der Waals surface area contributed by atoms with Crippen LogP contribution < -0.4 is 4.74 Å². The highest BCUT2D eigenvalue weighted by atomic mass is 16.6. The molecule has 0 aliphatic rings. The highest BCUT2D eigenvalue weighted by molar-refractivity contribution is 5.10. The van der Waals surface area contributed by atoms with E-state index < -0.39 is 0 Å². The Morgan fingerprint density at radius 3 is 2.82 bits per heavy atom. The summed E-state index contributed by atoms with van der Waals surface area (Å²) in [4.78, 5) is 0. The minimum atomic E-state index is 0.514. The van der Waals surface area contributed by atoms with Crippen molar-refractivity contribution in [2.45, 2.75) is 13.5 Å². The molecule has 0 saturated heterocycles. The van der Waals surface area contributed by atoms with Gasteiger partial charge in [-0.15, -0.1) is 0 Å². The molecular formula is C8H12O3. The fourth-order valence-electron chi connectivity index (χ4n) is 0.748. The van der Waals surface area contributed by atoms with E-state index in [1.807, 2.05) is 13.0 Å². The normalized spacial score (nSPS) is 10.0. The Balaban J connectivity index is 2.44. The highest BCUT2D eigenvalue weighted by Crippen LogP contribution is 2.15. The van der Waals surface area contributed by atoms with Crippen molar-refractivity contribution in [3.8, 4) is 5.95 Å². The van der Waals surface area contributed by atoms with Gasteiger partial charge in [-0.25, -0.2) is 0 Å². The molecule has 0 N–H and O–H groups in total. The van der Waals surface area contributed by atoms with Crippen molar-refractivity contribution < 1.29 is 13.9 Å². The molecule has 0 unspecified atom stereocenters. The fourth-order valence-corrected chi connectivity index (χ4v) is 0.748. The molecule has 0 radical (unpaired) electrons. The van der Waals surface area contributed by atoms with Crippen molar-refractivity contribution in [1.29, 1.82) is 0 Å². The Kier molecular flexibility index (Phi) is 2.98. The van der Waals surface area contributed by atoms with E-state index in [9.17, 15) is 0 Å². The van der Waals surface area contributed by atoms with Gasteiger partial charge in [-0.2, -0.15) is 0 Å². The van der Waals surface area contributed by atoms with E-state index in [-0.39, 0.29) is 0 Å². The summed E-state index contributed by atoms with van der Waals surface area (Å²) in [6, 6.07) is 3.61. The van der Waals surface area contributed by atoms with Crippen LogP contribution in [0.4, 0.5) is 0 Å². The van der Waals surface area contributed by atoms with Gasteiger partial charge in [0.2, 0.25) is 0 Å². The lowest BCUT2D eigenvalue weighted by Gasteiger charge is -1.95. The molecule has 0 spiro atoms. The summed E-state index contributed by atoms with van der Waals surface area (Å²) < 4.78 is 15.2. The van der Waals surface area contributed by atoms with E-state index in [0.717, 1.165) is 5.76 Å². The van der Waals surface area contributed by atoms with Crippen LogP contribution >= 0.6 is 0 Å². The lowest BCUT2D eigenvalue weighted by molar-refractivity contribution is 0.114. The van der Waals surface area contributed by atoms with E-state index in [1.54, 1.807) is 13.2 Å². The average Bonchev–Trinajstić information content (AvgIpc) is 2.48. The zero-order valence-corrected chi connectivity index (χ0v) is 6.79. The van der Waals surface area contributed by atoms with E-state index in [1.165, 1.54) is 0 Å². The summed E-state index contributed by atoms with van der Waals surface area (Å²) >= 11 is 0. The molecule has 1 heterocycles. The molecule has 0 fully saturated rings. The van der Waals surface area contributed by atoms with Crippen molar-refractivity contribution in [1.82, 2.24) is 0 Å². The van der Waals surface area contributed by atoms with Gasteiger partial charge >= 0.3 is 0 Å². The molecule has 3 heteroatoms. The first-order valence-corrected chi connectivity index (χ1v) is 3.57. The Labute approximate surface area is 65.9 Å². The van der Waals surface area contributed by atoms with E-state index >= 15 is 0 Å². The van der Waals surface area contributed by atoms with Crippen molar-refractivity contribution >= 4 is 0 Å². The van der Waals surface area contributed by atoms with Crippen LogP contribution in [0.3, 0.4) is 0 Å². The van der Waals surface area contributed by atoms with Crippen molar-refractivity contribution in [2.24, 2.45) is 0 Å². The second-order valence-corrected chi connectivity index (χ2v) is 2.06. The third kappa shape index (κ3) is 2.27.